The Morgan fingerprint density at radius 1 is 0.869 bits per heavy atom. The van der Waals surface area contributed by atoms with E-state index >= 15 is 0 Å². The quantitative estimate of drug-likeness (QED) is 0.104. The van der Waals surface area contributed by atoms with Crippen LogP contribution in [0.25, 0.3) is 0 Å². The number of rotatable bonds is 13. The maximum Gasteiger partial charge on any atom is 0.264 e. The van der Waals surface area contributed by atoms with Gasteiger partial charge in [-0.15, -0.1) is 0 Å². The zero-order chi connectivity index (χ0) is 42.8. The number of amides is 4. The van der Waals surface area contributed by atoms with Crippen molar-refractivity contribution in [2.24, 2.45) is 0 Å². The zero-order valence-corrected chi connectivity index (χ0v) is 36.1. The van der Waals surface area contributed by atoms with Gasteiger partial charge >= 0.3 is 0 Å². The third-order valence-corrected chi connectivity index (χ3v) is 13.7. The van der Waals surface area contributed by atoms with Crippen molar-refractivity contribution in [2.45, 2.75) is 37.8 Å². The lowest BCUT2D eigenvalue weighted by atomic mass is 10.0. The highest BCUT2D eigenvalue weighted by molar-refractivity contribution is 7.70. The van der Waals surface area contributed by atoms with Crippen LogP contribution in [-0.4, -0.2) is 133 Å². The molecule has 0 spiro atoms. The molecular weight excluding hydrogens is 819 g/mol. The molecule has 3 saturated heterocycles. The number of nitrogens with zero attached hydrogens (tertiary/aromatic N) is 6. The van der Waals surface area contributed by atoms with Crippen molar-refractivity contribution < 1.29 is 28.5 Å². The SMILES string of the molecule is COc1cc(N2CCC(N3CCN(CCNc4cccc5c4C(=O)N(C4CCC(=O)NC4=O)C5=O)CC3)CC2)ccc1Nc1ncc(Cl)c(Nc2ccccc2P(C)(C)=O)n1. The van der Waals surface area contributed by atoms with E-state index in [1.165, 1.54) is 6.20 Å². The van der Waals surface area contributed by atoms with Gasteiger partial charge in [-0.2, -0.15) is 4.98 Å². The van der Waals surface area contributed by atoms with Crippen LogP contribution in [0.15, 0.2) is 66.9 Å². The third-order valence-electron chi connectivity index (χ3n) is 11.9. The number of hydrogen-bond acceptors (Lipinski definition) is 14. The predicted molar refractivity (Wildman–Crippen MR) is 237 cm³/mol. The van der Waals surface area contributed by atoms with Crippen molar-refractivity contribution in [3.63, 3.8) is 0 Å². The first-order chi connectivity index (χ1) is 29.4. The molecule has 1 atom stereocenters. The molecule has 16 nitrogen and oxygen atoms in total. The second kappa shape index (κ2) is 17.8. The molecule has 0 radical (unpaired) electrons. The monoisotopic (exact) mass is 868 g/mol. The summed E-state index contributed by atoms with van der Waals surface area (Å²) in [5.41, 5.74) is 3.59. The van der Waals surface area contributed by atoms with Crippen LogP contribution in [-0.2, 0) is 14.2 Å². The van der Waals surface area contributed by atoms with Gasteiger partial charge < -0.3 is 30.2 Å². The summed E-state index contributed by atoms with van der Waals surface area (Å²) in [4.78, 5) is 68.2. The number of hydrogen-bond donors (Lipinski definition) is 4. The number of carbonyl (C=O) groups is 4. The molecule has 4 aliphatic rings. The maximum atomic E-state index is 13.5. The van der Waals surface area contributed by atoms with Gasteiger partial charge in [-0.25, -0.2) is 4.98 Å². The lowest BCUT2D eigenvalue weighted by Gasteiger charge is -2.43. The normalized spacial score (nSPS) is 19.2. The topological polar surface area (TPSA) is 181 Å². The number of benzene rings is 3. The molecule has 0 bridgehead atoms. The number of anilines is 6. The number of ether oxygens (including phenoxy) is 1. The fourth-order valence-corrected chi connectivity index (χ4v) is 9.94. The van der Waals surface area contributed by atoms with Gasteiger partial charge in [0.2, 0.25) is 17.8 Å². The summed E-state index contributed by atoms with van der Waals surface area (Å²) in [6.45, 7) is 10.5. The number of para-hydroxylation sites is 1. The minimum Gasteiger partial charge on any atom is -0.494 e. The molecule has 4 aliphatic heterocycles. The molecule has 0 aliphatic carbocycles. The standard InChI is InChI=1S/C43H50ClN10O6P/c1-60-35-25-28(11-12-31(35)48-43-46-26-30(44)39(50-43)47-32-8-4-5-10-36(32)61(2,3)59)52-18-15-27(16-19-52)53-23-21-51(22-24-53)20-17-45-33-9-6-7-29-38(33)42(58)54(41(29)57)34-13-14-37(55)49-40(34)56/h4-12,25-27,34,45H,13-24H2,1-3H3,(H,49,55,56)(H2,46,47,48,50). The van der Waals surface area contributed by atoms with Crippen molar-refractivity contribution in [1.82, 2.24) is 30.0 Å². The molecule has 0 saturated carbocycles. The molecule has 5 heterocycles. The minimum atomic E-state index is -2.56. The Labute approximate surface area is 359 Å². The van der Waals surface area contributed by atoms with Gasteiger partial charge in [0, 0.05) is 87.6 Å². The number of aromatic nitrogens is 2. The highest BCUT2D eigenvalue weighted by Crippen LogP contribution is 2.39. The molecule has 4 aromatic rings. The van der Waals surface area contributed by atoms with E-state index in [0.29, 0.717) is 57.5 Å². The maximum absolute atomic E-state index is 13.5. The lowest BCUT2D eigenvalue weighted by Crippen LogP contribution is -2.54. The van der Waals surface area contributed by atoms with Gasteiger partial charge in [0.05, 0.1) is 35.8 Å². The van der Waals surface area contributed by atoms with Gasteiger partial charge in [0.25, 0.3) is 11.8 Å². The second-order valence-corrected chi connectivity index (χ2v) is 19.7. The highest BCUT2D eigenvalue weighted by Gasteiger charge is 2.45. The second-order valence-electron chi connectivity index (χ2n) is 16.1. The smallest absolute Gasteiger partial charge is 0.264 e. The van der Waals surface area contributed by atoms with E-state index < -0.39 is 36.8 Å². The molecule has 1 aromatic heterocycles. The van der Waals surface area contributed by atoms with Crippen molar-refractivity contribution in [3.05, 3.63) is 83.0 Å². The van der Waals surface area contributed by atoms with E-state index in [1.807, 2.05) is 36.4 Å². The van der Waals surface area contributed by atoms with Crippen molar-refractivity contribution >= 4 is 82.2 Å². The molecule has 4 amide bonds. The van der Waals surface area contributed by atoms with Crippen LogP contribution in [0, 0.1) is 0 Å². The van der Waals surface area contributed by atoms with Crippen LogP contribution in [0.1, 0.15) is 46.4 Å². The Morgan fingerprint density at radius 3 is 2.36 bits per heavy atom. The third kappa shape index (κ3) is 9.08. The molecule has 3 aromatic carbocycles. The number of piperazine rings is 1. The van der Waals surface area contributed by atoms with Crippen molar-refractivity contribution in [3.8, 4) is 5.75 Å². The minimum absolute atomic E-state index is 0.0811. The van der Waals surface area contributed by atoms with E-state index in [9.17, 15) is 23.7 Å². The Kier molecular flexibility index (Phi) is 12.3. The Balaban J connectivity index is 0.807. The van der Waals surface area contributed by atoms with Gasteiger partial charge in [-0.05, 0) is 69.0 Å². The lowest BCUT2D eigenvalue weighted by molar-refractivity contribution is -0.136. The van der Waals surface area contributed by atoms with E-state index in [4.69, 9.17) is 16.3 Å². The van der Waals surface area contributed by atoms with E-state index in [-0.39, 0.29) is 24.0 Å². The fourth-order valence-electron chi connectivity index (χ4n) is 8.64. The molecule has 18 heteroatoms. The average molecular weight is 869 g/mol. The summed E-state index contributed by atoms with van der Waals surface area (Å²) in [6, 6.07) is 18.1. The van der Waals surface area contributed by atoms with E-state index in [1.54, 1.807) is 38.6 Å². The number of carbonyl (C=O) groups excluding carboxylic acids is 4. The number of piperidine rings is 2. The van der Waals surface area contributed by atoms with Gasteiger partial charge in [-0.3, -0.25) is 39.2 Å². The first-order valence-electron chi connectivity index (χ1n) is 20.6. The van der Waals surface area contributed by atoms with Crippen LogP contribution in [0.2, 0.25) is 5.02 Å². The zero-order valence-electron chi connectivity index (χ0n) is 34.4. The summed E-state index contributed by atoms with van der Waals surface area (Å²) >= 11 is 6.48. The summed E-state index contributed by atoms with van der Waals surface area (Å²) in [5.74, 6) is -0.652. The van der Waals surface area contributed by atoms with Crippen LogP contribution >= 0.6 is 18.7 Å². The first kappa shape index (κ1) is 42.2. The summed E-state index contributed by atoms with van der Waals surface area (Å²) in [5, 5.41) is 13.2. The number of fused-ring (bicyclic) bond motifs is 1. The van der Waals surface area contributed by atoms with Crippen LogP contribution in [0.5, 0.6) is 5.75 Å². The molecule has 1 unspecified atom stereocenters. The van der Waals surface area contributed by atoms with E-state index in [0.717, 1.165) is 69.2 Å². The number of imide groups is 2. The first-order valence-corrected chi connectivity index (χ1v) is 23.5. The predicted octanol–water partition coefficient (Wildman–Crippen LogP) is 4.97. The molecule has 320 valence electrons. The van der Waals surface area contributed by atoms with Gasteiger partial charge in [0.15, 0.2) is 5.82 Å². The molecule has 8 rings (SSSR count). The van der Waals surface area contributed by atoms with Crippen LogP contribution in [0.4, 0.5) is 34.5 Å². The van der Waals surface area contributed by atoms with Gasteiger partial charge in [0.1, 0.15) is 24.0 Å². The molecule has 3 fully saturated rings. The fraction of sp³-hybridized carbons (Fsp3) is 0.395. The number of halogens is 1. The molecule has 4 N–H and O–H groups in total. The number of methoxy groups -OCH3 is 1. The largest absolute Gasteiger partial charge is 0.494 e. The van der Waals surface area contributed by atoms with Crippen LogP contribution < -0.4 is 36.2 Å². The van der Waals surface area contributed by atoms with Crippen LogP contribution in [0.3, 0.4) is 0 Å². The Morgan fingerprint density at radius 2 is 1.62 bits per heavy atom. The summed E-state index contributed by atoms with van der Waals surface area (Å²) < 4.78 is 18.7. The highest BCUT2D eigenvalue weighted by atomic mass is 35.5. The summed E-state index contributed by atoms with van der Waals surface area (Å²) in [7, 11) is -0.916. The van der Waals surface area contributed by atoms with Crippen molar-refractivity contribution in [2.75, 3.05) is 93.6 Å². The summed E-state index contributed by atoms with van der Waals surface area (Å²) in [6.07, 6.45) is 3.83. The van der Waals surface area contributed by atoms with Gasteiger partial charge in [-0.1, -0.05) is 29.8 Å². The number of nitrogens with one attached hydrogen (secondary N) is 4. The Hall–Kier alpha value is -5.54. The Bertz CT molecular complexity index is 2400. The average Bonchev–Trinajstić information content (AvgIpc) is 3.51. The molecule has 61 heavy (non-hydrogen) atoms. The van der Waals surface area contributed by atoms with E-state index in [2.05, 4.69) is 52.0 Å². The molecular formula is C43H50ClN10O6P. The van der Waals surface area contributed by atoms with Crippen molar-refractivity contribution in [1.29, 1.82) is 0 Å².